The van der Waals surface area contributed by atoms with E-state index in [4.69, 9.17) is 0 Å². The lowest BCUT2D eigenvalue weighted by Crippen LogP contribution is -2.36. The van der Waals surface area contributed by atoms with Gasteiger partial charge in [-0.2, -0.15) is 0 Å². The quantitative estimate of drug-likeness (QED) is 0.813. The molecule has 1 saturated heterocycles. The first-order valence-electron chi connectivity index (χ1n) is 6.17. The van der Waals surface area contributed by atoms with Gasteiger partial charge in [-0.1, -0.05) is 0 Å². The van der Waals surface area contributed by atoms with E-state index in [1.165, 1.54) is 0 Å². The van der Waals surface area contributed by atoms with Crippen molar-refractivity contribution in [2.45, 2.75) is 19.8 Å². The van der Waals surface area contributed by atoms with Crippen molar-refractivity contribution < 1.29 is 9.90 Å². The van der Waals surface area contributed by atoms with E-state index in [1.54, 1.807) is 6.92 Å². The van der Waals surface area contributed by atoms with Gasteiger partial charge >= 0.3 is 0 Å². The zero-order valence-electron chi connectivity index (χ0n) is 10.2. The van der Waals surface area contributed by atoms with Crippen LogP contribution >= 0.6 is 0 Å². The van der Waals surface area contributed by atoms with Gasteiger partial charge in [0.05, 0.1) is 0 Å². The minimum atomic E-state index is 0.100. The second-order valence-electron chi connectivity index (χ2n) is 4.74. The molecule has 1 heterocycles. The molecule has 1 atom stereocenters. The molecule has 1 unspecified atom stereocenters. The van der Waals surface area contributed by atoms with Gasteiger partial charge in [-0.15, -0.1) is 0 Å². The fourth-order valence-corrected chi connectivity index (χ4v) is 2.36. The third-order valence-corrected chi connectivity index (χ3v) is 3.42. The summed E-state index contributed by atoms with van der Waals surface area (Å²) in [5.74, 6) is 0.486. The fraction of sp³-hybridized carbons (Fsp3) is 0.500. The lowest BCUT2D eigenvalue weighted by Gasteiger charge is -2.33. The fourth-order valence-electron chi connectivity index (χ4n) is 2.36. The summed E-state index contributed by atoms with van der Waals surface area (Å²) in [6.07, 6.45) is 2.23. The number of carbonyl (C=O) groups is 1. The summed E-state index contributed by atoms with van der Waals surface area (Å²) in [6, 6.07) is 7.74. The highest BCUT2D eigenvalue weighted by molar-refractivity contribution is 5.94. The Hall–Kier alpha value is -1.35. The maximum atomic E-state index is 11.2. The maximum Gasteiger partial charge on any atom is 0.159 e. The van der Waals surface area contributed by atoms with Crippen LogP contribution in [0.2, 0.25) is 0 Å². The van der Waals surface area contributed by atoms with Gasteiger partial charge in [0, 0.05) is 30.9 Å². The number of carbonyl (C=O) groups excluding carboxylic acids is 1. The van der Waals surface area contributed by atoms with E-state index in [0.29, 0.717) is 5.92 Å². The van der Waals surface area contributed by atoms with Crippen LogP contribution < -0.4 is 4.90 Å². The van der Waals surface area contributed by atoms with E-state index < -0.39 is 0 Å². The molecule has 2 rings (SSSR count). The van der Waals surface area contributed by atoms with Crippen molar-refractivity contribution in [3.05, 3.63) is 29.8 Å². The molecule has 0 amide bonds. The molecule has 1 aliphatic rings. The van der Waals surface area contributed by atoms with Gasteiger partial charge < -0.3 is 10.0 Å². The normalized spacial score (nSPS) is 20.4. The molecule has 3 nitrogen and oxygen atoms in total. The number of hydrogen-bond donors (Lipinski definition) is 1. The highest BCUT2D eigenvalue weighted by atomic mass is 16.3. The van der Waals surface area contributed by atoms with Crippen molar-refractivity contribution in [3.8, 4) is 0 Å². The first-order chi connectivity index (χ1) is 8.20. The van der Waals surface area contributed by atoms with Crippen LogP contribution in [-0.4, -0.2) is 30.6 Å². The van der Waals surface area contributed by atoms with Crippen LogP contribution in [0.25, 0.3) is 0 Å². The van der Waals surface area contributed by atoms with E-state index in [9.17, 15) is 9.90 Å². The predicted molar refractivity (Wildman–Crippen MR) is 68.5 cm³/mol. The molecule has 17 heavy (non-hydrogen) atoms. The molecule has 0 bridgehead atoms. The molecule has 0 radical (unpaired) electrons. The number of nitrogens with zero attached hydrogens (tertiary/aromatic N) is 1. The van der Waals surface area contributed by atoms with Gasteiger partial charge in [0.1, 0.15) is 0 Å². The van der Waals surface area contributed by atoms with Crippen molar-refractivity contribution in [1.29, 1.82) is 0 Å². The molecule has 0 aromatic heterocycles. The summed E-state index contributed by atoms with van der Waals surface area (Å²) in [5.41, 5.74) is 1.90. The molecule has 92 valence electrons. The Balaban J connectivity index is 2.08. The summed E-state index contributed by atoms with van der Waals surface area (Å²) in [4.78, 5) is 13.5. The van der Waals surface area contributed by atoms with Crippen LogP contribution in [-0.2, 0) is 0 Å². The highest BCUT2D eigenvalue weighted by Crippen LogP contribution is 2.23. The number of rotatable bonds is 3. The molecular formula is C14H19NO2. The molecule has 1 N–H and O–H groups in total. The number of ketones is 1. The number of aliphatic hydroxyl groups excluding tert-OH is 1. The SMILES string of the molecule is CC(=O)c1ccc(N2CCCC(CO)C2)cc1. The third-order valence-electron chi connectivity index (χ3n) is 3.42. The number of hydrogen-bond acceptors (Lipinski definition) is 3. The zero-order valence-corrected chi connectivity index (χ0v) is 10.2. The Morgan fingerprint density at radius 1 is 1.41 bits per heavy atom. The van der Waals surface area contributed by atoms with Crippen molar-refractivity contribution in [2.75, 3.05) is 24.6 Å². The average molecular weight is 233 g/mol. The van der Waals surface area contributed by atoms with Gasteiger partial charge in [0.15, 0.2) is 5.78 Å². The highest BCUT2D eigenvalue weighted by Gasteiger charge is 2.19. The van der Waals surface area contributed by atoms with E-state index in [2.05, 4.69) is 4.90 Å². The van der Waals surface area contributed by atoms with Crippen LogP contribution in [0.1, 0.15) is 30.1 Å². The Bertz CT molecular complexity index is 386. The van der Waals surface area contributed by atoms with E-state index >= 15 is 0 Å². The predicted octanol–water partition coefficient (Wildman–Crippen LogP) is 2.10. The number of benzene rings is 1. The van der Waals surface area contributed by atoms with Crippen LogP contribution in [0.15, 0.2) is 24.3 Å². The molecule has 1 aromatic rings. The van der Waals surface area contributed by atoms with Crippen molar-refractivity contribution in [3.63, 3.8) is 0 Å². The Labute approximate surface area is 102 Å². The summed E-state index contributed by atoms with van der Waals surface area (Å²) in [5, 5.41) is 9.20. The summed E-state index contributed by atoms with van der Waals surface area (Å²) in [6.45, 7) is 3.80. The molecule has 0 saturated carbocycles. The van der Waals surface area contributed by atoms with E-state index in [1.807, 2.05) is 24.3 Å². The minimum absolute atomic E-state index is 0.100. The van der Waals surface area contributed by atoms with Gasteiger partial charge in [-0.05, 0) is 49.9 Å². The average Bonchev–Trinajstić information content (AvgIpc) is 2.39. The smallest absolute Gasteiger partial charge is 0.159 e. The number of Topliss-reactive ketones (excluding diaryl/α,β-unsaturated/α-hetero) is 1. The van der Waals surface area contributed by atoms with Gasteiger partial charge in [-0.25, -0.2) is 0 Å². The molecule has 0 spiro atoms. The largest absolute Gasteiger partial charge is 0.396 e. The van der Waals surface area contributed by atoms with Crippen LogP contribution in [0, 0.1) is 5.92 Å². The monoisotopic (exact) mass is 233 g/mol. The summed E-state index contributed by atoms with van der Waals surface area (Å²) in [7, 11) is 0. The molecule has 1 aromatic carbocycles. The molecular weight excluding hydrogens is 214 g/mol. The van der Waals surface area contributed by atoms with Crippen LogP contribution in [0.3, 0.4) is 0 Å². The first-order valence-corrected chi connectivity index (χ1v) is 6.17. The van der Waals surface area contributed by atoms with Crippen molar-refractivity contribution in [1.82, 2.24) is 0 Å². The number of aliphatic hydroxyl groups is 1. The Morgan fingerprint density at radius 3 is 2.71 bits per heavy atom. The maximum absolute atomic E-state index is 11.2. The zero-order chi connectivity index (χ0) is 12.3. The molecule has 1 fully saturated rings. The first kappa shape index (κ1) is 12.1. The minimum Gasteiger partial charge on any atom is -0.396 e. The number of piperidine rings is 1. The van der Waals surface area contributed by atoms with Crippen molar-refractivity contribution in [2.24, 2.45) is 5.92 Å². The van der Waals surface area contributed by atoms with Gasteiger partial charge in [-0.3, -0.25) is 4.79 Å². The Kier molecular flexibility index (Phi) is 3.79. The lowest BCUT2D eigenvalue weighted by molar-refractivity contribution is 0.101. The van der Waals surface area contributed by atoms with Crippen LogP contribution in [0.4, 0.5) is 5.69 Å². The Morgan fingerprint density at radius 2 is 2.12 bits per heavy atom. The third kappa shape index (κ3) is 2.86. The lowest BCUT2D eigenvalue weighted by atomic mass is 9.98. The van der Waals surface area contributed by atoms with Gasteiger partial charge in [0.25, 0.3) is 0 Å². The second kappa shape index (κ2) is 5.32. The summed E-state index contributed by atoms with van der Waals surface area (Å²) >= 11 is 0. The van der Waals surface area contributed by atoms with Crippen molar-refractivity contribution >= 4 is 11.5 Å². The molecule has 3 heteroatoms. The van der Waals surface area contributed by atoms with Gasteiger partial charge in [0.2, 0.25) is 0 Å². The second-order valence-corrected chi connectivity index (χ2v) is 4.74. The van der Waals surface area contributed by atoms with Crippen LogP contribution in [0.5, 0.6) is 0 Å². The topological polar surface area (TPSA) is 40.5 Å². The van der Waals surface area contributed by atoms with E-state index in [-0.39, 0.29) is 12.4 Å². The molecule has 1 aliphatic heterocycles. The standard InChI is InChI=1S/C14H19NO2/c1-11(17)13-4-6-14(7-5-13)15-8-2-3-12(9-15)10-16/h4-7,12,16H,2-3,8-10H2,1H3. The van der Waals surface area contributed by atoms with E-state index in [0.717, 1.165) is 37.2 Å². The summed E-state index contributed by atoms with van der Waals surface area (Å²) < 4.78 is 0. The molecule has 0 aliphatic carbocycles. The number of anilines is 1.